The molecule has 0 aliphatic carbocycles. The molecule has 1 aromatic rings. The third-order valence-corrected chi connectivity index (χ3v) is 4.69. The van der Waals surface area contributed by atoms with Gasteiger partial charge in [-0.2, -0.15) is 4.98 Å². The summed E-state index contributed by atoms with van der Waals surface area (Å²) < 4.78 is 32.6. The molecule has 2 aliphatic heterocycles. The maximum atomic E-state index is 11.7. The normalized spacial score (nSPS) is 21.1. The van der Waals surface area contributed by atoms with Crippen LogP contribution in [0.3, 0.4) is 0 Å². The van der Waals surface area contributed by atoms with E-state index in [1.807, 2.05) is 20.0 Å². The molecule has 3 rings (SSSR count). The first-order valence-corrected chi connectivity index (χ1v) is 8.58. The highest BCUT2D eigenvalue weighted by atomic mass is 32.2. The van der Waals surface area contributed by atoms with E-state index < -0.39 is 10.0 Å². The van der Waals surface area contributed by atoms with E-state index in [1.165, 1.54) is 0 Å². The van der Waals surface area contributed by atoms with Crippen molar-refractivity contribution in [1.82, 2.24) is 20.4 Å². The number of allylic oxidation sites excluding steroid dienone is 2. The van der Waals surface area contributed by atoms with Gasteiger partial charge in [-0.1, -0.05) is 5.16 Å². The molecule has 0 spiro atoms. The number of hydrogen-bond acceptors (Lipinski definition) is 7. The minimum Gasteiger partial charge on any atom is -0.334 e. The van der Waals surface area contributed by atoms with E-state index in [1.54, 1.807) is 17.2 Å². The Labute approximate surface area is 128 Å². The SMILES string of the molecule is CNC(C)Cc1noc(C2=CC=CN3CCS(=O)(=O)N=C23)n1. The van der Waals surface area contributed by atoms with Crippen molar-refractivity contribution in [3.8, 4) is 0 Å². The maximum absolute atomic E-state index is 11.7. The standard InChI is InChI=1S/C13H17N5O3S/c1-9(14-2)8-11-15-13(21-16-11)10-4-3-5-18-6-7-22(19,20)17-12(10)18/h3-5,9,14H,6-8H2,1-2H3. The number of fused-ring (bicyclic) bond motifs is 1. The van der Waals surface area contributed by atoms with Crippen molar-refractivity contribution in [3.05, 3.63) is 30.1 Å². The molecule has 1 atom stereocenters. The molecule has 8 nitrogen and oxygen atoms in total. The molecule has 1 aromatic heterocycles. The lowest BCUT2D eigenvalue weighted by molar-refractivity contribution is 0.397. The van der Waals surface area contributed by atoms with E-state index in [0.717, 1.165) is 0 Å². The monoisotopic (exact) mass is 323 g/mol. The molecular formula is C13H17N5O3S. The minimum absolute atomic E-state index is 0.00286. The Morgan fingerprint density at radius 2 is 2.32 bits per heavy atom. The molecular weight excluding hydrogens is 306 g/mol. The summed E-state index contributed by atoms with van der Waals surface area (Å²) >= 11 is 0. The molecule has 0 saturated heterocycles. The van der Waals surface area contributed by atoms with Crippen LogP contribution < -0.4 is 5.32 Å². The lowest BCUT2D eigenvalue weighted by atomic mass is 10.1. The van der Waals surface area contributed by atoms with E-state index in [4.69, 9.17) is 4.52 Å². The summed E-state index contributed by atoms with van der Waals surface area (Å²) in [5, 5.41) is 7.04. The third kappa shape index (κ3) is 2.95. The fraction of sp³-hybridized carbons (Fsp3) is 0.462. The largest absolute Gasteiger partial charge is 0.334 e. The van der Waals surface area contributed by atoms with Crippen molar-refractivity contribution in [1.29, 1.82) is 0 Å². The topological polar surface area (TPSA) is 101 Å². The Morgan fingerprint density at radius 3 is 3.09 bits per heavy atom. The van der Waals surface area contributed by atoms with Gasteiger partial charge in [0, 0.05) is 25.2 Å². The molecule has 9 heteroatoms. The minimum atomic E-state index is -3.44. The van der Waals surface area contributed by atoms with Crippen molar-refractivity contribution < 1.29 is 12.9 Å². The van der Waals surface area contributed by atoms with Crippen LogP contribution in [0.2, 0.25) is 0 Å². The van der Waals surface area contributed by atoms with Crippen molar-refractivity contribution in [2.24, 2.45) is 4.40 Å². The predicted molar refractivity (Wildman–Crippen MR) is 81.6 cm³/mol. The number of hydrogen-bond donors (Lipinski definition) is 1. The molecule has 3 heterocycles. The van der Waals surface area contributed by atoms with Gasteiger partial charge < -0.3 is 14.7 Å². The van der Waals surface area contributed by atoms with Crippen LogP contribution in [0.25, 0.3) is 5.57 Å². The average Bonchev–Trinajstić information content (AvgIpc) is 2.93. The zero-order valence-electron chi connectivity index (χ0n) is 12.4. The van der Waals surface area contributed by atoms with Crippen molar-refractivity contribution in [2.45, 2.75) is 19.4 Å². The quantitative estimate of drug-likeness (QED) is 0.843. The highest BCUT2D eigenvalue weighted by Crippen LogP contribution is 2.24. The van der Waals surface area contributed by atoms with Gasteiger partial charge in [0.1, 0.15) is 0 Å². The Bertz CT molecular complexity index is 762. The van der Waals surface area contributed by atoms with Gasteiger partial charge in [0.15, 0.2) is 11.7 Å². The lowest BCUT2D eigenvalue weighted by Gasteiger charge is -2.27. The molecule has 2 aliphatic rings. The number of nitrogens with one attached hydrogen (secondary N) is 1. The second kappa shape index (κ2) is 5.65. The Balaban J connectivity index is 1.92. The molecule has 0 saturated carbocycles. The van der Waals surface area contributed by atoms with E-state index in [-0.39, 0.29) is 17.7 Å². The van der Waals surface area contributed by atoms with Gasteiger partial charge in [-0.05, 0) is 26.1 Å². The Morgan fingerprint density at radius 1 is 1.50 bits per heavy atom. The third-order valence-electron chi connectivity index (χ3n) is 3.54. The van der Waals surface area contributed by atoms with Gasteiger partial charge in [-0.3, -0.25) is 0 Å². The highest BCUT2D eigenvalue weighted by molar-refractivity contribution is 7.90. The number of aromatic nitrogens is 2. The smallest absolute Gasteiger partial charge is 0.261 e. The van der Waals surface area contributed by atoms with E-state index in [0.29, 0.717) is 30.2 Å². The van der Waals surface area contributed by atoms with Crippen LogP contribution in [0.4, 0.5) is 0 Å². The van der Waals surface area contributed by atoms with Crippen LogP contribution >= 0.6 is 0 Å². The molecule has 0 amide bonds. The van der Waals surface area contributed by atoms with Gasteiger partial charge in [0.25, 0.3) is 15.9 Å². The number of rotatable bonds is 4. The van der Waals surface area contributed by atoms with E-state index in [2.05, 4.69) is 19.9 Å². The molecule has 1 unspecified atom stereocenters. The van der Waals surface area contributed by atoms with E-state index in [9.17, 15) is 8.42 Å². The van der Waals surface area contributed by atoms with E-state index >= 15 is 0 Å². The number of likely N-dealkylation sites (N-methyl/N-ethyl adjacent to an activating group) is 1. The maximum Gasteiger partial charge on any atom is 0.261 e. The predicted octanol–water partition coefficient (Wildman–Crippen LogP) is 0.175. The Kier molecular flexibility index (Phi) is 3.83. The average molecular weight is 323 g/mol. The fourth-order valence-electron chi connectivity index (χ4n) is 2.21. The van der Waals surface area contributed by atoms with Gasteiger partial charge >= 0.3 is 0 Å². The first-order chi connectivity index (χ1) is 10.5. The lowest BCUT2D eigenvalue weighted by Crippen LogP contribution is -2.37. The fourth-order valence-corrected chi connectivity index (χ4v) is 3.19. The number of amidine groups is 1. The molecule has 0 bridgehead atoms. The van der Waals surface area contributed by atoms with Crippen LogP contribution in [0.1, 0.15) is 18.6 Å². The second-order valence-electron chi connectivity index (χ2n) is 5.23. The van der Waals surface area contributed by atoms with Crippen molar-refractivity contribution in [3.63, 3.8) is 0 Å². The highest BCUT2D eigenvalue weighted by Gasteiger charge is 2.30. The van der Waals surface area contributed by atoms with Crippen LogP contribution in [-0.2, 0) is 16.4 Å². The van der Waals surface area contributed by atoms with Gasteiger partial charge in [-0.15, -0.1) is 4.40 Å². The molecule has 0 fully saturated rings. The first-order valence-electron chi connectivity index (χ1n) is 6.97. The summed E-state index contributed by atoms with van der Waals surface area (Å²) in [6, 6.07) is 0.217. The van der Waals surface area contributed by atoms with Crippen LogP contribution in [-0.4, -0.2) is 54.7 Å². The second-order valence-corrected chi connectivity index (χ2v) is 6.98. The molecule has 22 heavy (non-hydrogen) atoms. The summed E-state index contributed by atoms with van der Waals surface area (Å²) in [6.45, 7) is 2.38. The summed E-state index contributed by atoms with van der Waals surface area (Å²) in [4.78, 5) is 6.11. The number of nitrogens with zero attached hydrogens (tertiary/aromatic N) is 4. The van der Waals surface area contributed by atoms with Crippen LogP contribution in [0, 0.1) is 0 Å². The molecule has 118 valence electrons. The zero-order valence-corrected chi connectivity index (χ0v) is 13.2. The van der Waals surface area contributed by atoms with Gasteiger partial charge in [0.2, 0.25) is 0 Å². The molecule has 0 radical (unpaired) electrons. The summed E-state index contributed by atoms with van der Waals surface area (Å²) in [5.74, 6) is 1.19. The van der Waals surface area contributed by atoms with Crippen molar-refractivity contribution in [2.75, 3.05) is 19.3 Å². The van der Waals surface area contributed by atoms with Crippen LogP contribution in [0.5, 0.6) is 0 Å². The summed E-state index contributed by atoms with van der Waals surface area (Å²) in [5.41, 5.74) is 0.529. The Hall–Kier alpha value is -2.00. The van der Waals surface area contributed by atoms with Gasteiger partial charge in [0.05, 0.1) is 11.3 Å². The van der Waals surface area contributed by atoms with Crippen LogP contribution in [0.15, 0.2) is 27.3 Å². The first kappa shape index (κ1) is 14.9. The van der Waals surface area contributed by atoms with Gasteiger partial charge in [-0.25, -0.2) is 8.42 Å². The number of sulfonamides is 1. The molecule has 1 N–H and O–H groups in total. The van der Waals surface area contributed by atoms with Crippen molar-refractivity contribution >= 4 is 21.4 Å². The summed E-state index contributed by atoms with van der Waals surface area (Å²) in [7, 11) is -1.58. The zero-order chi connectivity index (χ0) is 15.7. The molecule has 0 aromatic carbocycles. The summed E-state index contributed by atoms with van der Waals surface area (Å²) in [6.07, 6.45) is 5.95.